The monoisotopic (exact) mass is 501 g/mol. The molecule has 0 aliphatic rings. The molecule has 7 nitrogen and oxygen atoms in total. The van der Waals surface area contributed by atoms with Crippen molar-refractivity contribution in [2.75, 3.05) is 20.8 Å². The summed E-state index contributed by atoms with van der Waals surface area (Å²) in [6.07, 6.45) is 0. The van der Waals surface area contributed by atoms with E-state index in [1.54, 1.807) is 41.3 Å². The smallest absolute Gasteiger partial charge is 0.339 e. The molecular formula is C26H28FNO6S. The zero-order valence-electron chi connectivity index (χ0n) is 20.0. The van der Waals surface area contributed by atoms with E-state index < -0.39 is 15.9 Å². The fourth-order valence-corrected chi connectivity index (χ4v) is 4.39. The Balaban J connectivity index is 1.85. The number of nitrogens with zero attached hydrogens (tertiary/aromatic N) is 1. The van der Waals surface area contributed by atoms with E-state index in [4.69, 9.17) is 13.7 Å². The molecule has 0 aliphatic heterocycles. The van der Waals surface area contributed by atoms with E-state index in [-0.39, 0.29) is 29.0 Å². The van der Waals surface area contributed by atoms with Crippen molar-refractivity contribution in [2.45, 2.75) is 25.3 Å². The summed E-state index contributed by atoms with van der Waals surface area (Å²) in [5.41, 5.74) is 1.09. The second kappa shape index (κ2) is 11.2. The molecule has 0 fully saturated rings. The zero-order valence-corrected chi connectivity index (χ0v) is 20.8. The molecule has 186 valence electrons. The van der Waals surface area contributed by atoms with Crippen molar-refractivity contribution in [1.29, 1.82) is 0 Å². The van der Waals surface area contributed by atoms with E-state index in [2.05, 4.69) is 0 Å². The lowest BCUT2D eigenvalue weighted by Crippen LogP contribution is -2.33. The van der Waals surface area contributed by atoms with Crippen molar-refractivity contribution in [1.82, 2.24) is 4.90 Å². The number of carbonyl (C=O) groups is 1. The van der Waals surface area contributed by atoms with Crippen LogP contribution in [0.2, 0.25) is 0 Å². The third kappa shape index (κ3) is 6.95. The van der Waals surface area contributed by atoms with Crippen LogP contribution in [0.3, 0.4) is 0 Å². The molecule has 3 rings (SSSR count). The van der Waals surface area contributed by atoms with Crippen LogP contribution < -0.4 is 13.7 Å². The van der Waals surface area contributed by atoms with Crippen LogP contribution in [0.25, 0.3) is 0 Å². The Bertz CT molecular complexity index is 1250. The zero-order chi connectivity index (χ0) is 25.6. The molecule has 0 bridgehead atoms. The predicted octanol–water partition coefficient (Wildman–Crippen LogP) is 4.91. The molecule has 9 heteroatoms. The summed E-state index contributed by atoms with van der Waals surface area (Å²) in [6, 6.07) is 15.9. The van der Waals surface area contributed by atoms with E-state index >= 15 is 0 Å². The van der Waals surface area contributed by atoms with Crippen LogP contribution in [0.1, 0.15) is 29.8 Å². The van der Waals surface area contributed by atoms with Gasteiger partial charge in [-0.15, -0.1) is 0 Å². The quantitative estimate of drug-likeness (QED) is 0.367. The fourth-order valence-electron chi connectivity index (χ4n) is 3.47. The largest absolute Gasteiger partial charge is 0.497 e. The van der Waals surface area contributed by atoms with Gasteiger partial charge in [-0.2, -0.15) is 8.42 Å². The molecule has 0 radical (unpaired) electrons. The summed E-state index contributed by atoms with van der Waals surface area (Å²) in [7, 11) is -1.12. The molecule has 0 aliphatic carbocycles. The van der Waals surface area contributed by atoms with Gasteiger partial charge in [0.2, 0.25) is 0 Å². The van der Waals surface area contributed by atoms with Gasteiger partial charge in [0.15, 0.2) is 0 Å². The first-order valence-corrected chi connectivity index (χ1v) is 12.3. The summed E-state index contributed by atoms with van der Waals surface area (Å²) in [5, 5.41) is 0. The van der Waals surface area contributed by atoms with Gasteiger partial charge in [-0.25, -0.2) is 4.39 Å². The van der Waals surface area contributed by atoms with Gasteiger partial charge in [0.05, 0.1) is 14.2 Å². The number of benzene rings is 3. The maximum atomic E-state index is 13.4. The second-order valence-electron chi connectivity index (χ2n) is 8.32. The Morgan fingerprint density at radius 2 is 1.54 bits per heavy atom. The van der Waals surface area contributed by atoms with Gasteiger partial charge in [0.1, 0.15) is 28.0 Å². The third-order valence-corrected chi connectivity index (χ3v) is 6.31. The summed E-state index contributed by atoms with van der Waals surface area (Å²) in [5.74, 6) is 0.504. The molecule has 0 saturated heterocycles. The molecule has 0 saturated carbocycles. The van der Waals surface area contributed by atoms with Crippen molar-refractivity contribution in [2.24, 2.45) is 5.92 Å². The topological polar surface area (TPSA) is 82.1 Å². The van der Waals surface area contributed by atoms with Gasteiger partial charge in [0, 0.05) is 24.7 Å². The van der Waals surface area contributed by atoms with Crippen molar-refractivity contribution >= 4 is 16.0 Å². The number of hydrogen-bond donors (Lipinski definition) is 0. The first kappa shape index (κ1) is 26.0. The maximum Gasteiger partial charge on any atom is 0.339 e. The molecule has 0 unspecified atom stereocenters. The molecular weight excluding hydrogens is 473 g/mol. The first-order valence-electron chi connectivity index (χ1n) is 10.9. The highest BCUT2D eigenvalue weighted by molar-refractivity contribution is 7.87. The van der Waals surface area contributed by atoms with Crippen LogP contribution in [-0.4, -0.2) is 40.0 Å². The number of ether oxygens (including phenoxy) is 2. The number of carbonyl (C=O) groups excluding carboxylic acids is 1. The minimum absolute atomic E-state index is 0.0896. The van der Waals surface area contributed by atoms with Gasteiger partial charge in [-0.05, 0) is 60.0 Å². The van der Waals surface area contributed by atoms with Crippen molar-refractivity contribution in [3.63, 3.8) is 0 Å². The average molecular weight is 502 g/mol. The molecule has 35 heavy (non-hydrogen) atoms. The number of methoxy groups -OCH3 is 2. The minimum atomic E-state index is -4.14. The van der Waals surface area contributed by atoms with Gasteiger partial charge < -0.3 is 18.6 Å². The van der Waals surface area contributed by atoms with E-state index in [1.165, 1.54) is 20.3 Å². The van der Waals surface area contributed by atoms with Crippen molar-refractivity contribution < 1.29 is 31.3 Å². The number of amides is 1. The Morgan fingerprint density at radius 1 is 0.914 bits per heavy atom. The van der Waals surface area contributed by atoms with E-state index in [0.717, 1.165) is 24.3 Å². The number of hydrogen-bond acceptors (Lipinski definition) is 6. The molecule has 0 N–H and O–H groups in total. The third-order valence-electron chi connectivity index (χ3n) is 5.05. The summed E-state index contributed by atoms with van der Waals surface area (Å²) >= 11 is 0. The molecule has 1 amide bonds. The highest BCUT2D eigenvalue weighted by Crippen LogP contribution is 2.25. The van der Waals surface area contributed by atoms with Crippen molar-refractivity contribution in [3.8, 4) is 17.2 Å². The van der Waals surface area contributed by atoms with Crippen molar-refractivity contribution in [3.05, 3.63) is 83.7 Å². The molecule has 0 heterocycles. The normalized spacial score (nSPS) is 11.3. The molecule has 0 aromatic heterocycles. The highest BCUT2D eigenvalue weighted by atomic mass is 32.2. The lowest BCUT2D eigenvalue weighted by Gasteiger charge is -2.25. The number of halogens is 1. The Morgan fingerprint density at radius 3 is 2.11 bits per heavy atom. The van der Waals surface area contributed by atoms with Gasteiger partial charge >= 0.3 is 10.1 Å². The fraction of sp³-hybridized carbons (Fsp3) is 0.269. The lowest BCUT2D eigenvalue weighted by atomic mass is 10.1. The number of rotatable bonds is 10. The molecule has 3 aromatic carbocycles. The molecule has 3 aromatic rings. The first-order chi connectivity index (χ1) is 16.6. The SMILES string of the molecule is COc1cc(OC)cc(C(=O)N(Cc2cccc(OS(=O)(=O)c3ccc(F)cc3)c2)CC(C)C)c1. The molecule has 0 atom stereocenters. The van der Waals surface area contributed by atoms with Crippen LogP contribution in [0.5, 0.6) is 17.2 Å². The summed E-state index contributed by atoms with van der Waals surface area (Å²) < 4.78 is 54.1. The van der Waals surface area contributed by atoms with Crippen LogP contribution in [0.4, 0.5) is 4.39 Å². The van der Waals surface area contributed by atoms with E-state index in [0.29, 0.717) is 29.2 Å². The van der Waals surface area contributed by atoms with E-state index in [1.807, 2.05) is 13.8 Å². The Hall–Kier alpha value is -3.59. The standard InChI is InChI=1S/C26H28FNO6S/c1-18(2)16-28(26(29)20-13-23(32-3)15-24(14-20)33-4)17-19-6-5-7-22(12-19)34-35(30,31)25-10-8-21(27)9-11-25/h5-15,18H,16-17H2,1-4H3. The van der Waals surface area contributed by atoms with Crippen LogP contribution in [0, 0.1) is 11.7 Å². The second-order valence-corrected chi connectivity index (χ2v) is 9.87. The Labute approximate surface area is 205 Å². The predicted molar refractivity (Wildman–Crippen MR) is 130 cm³/mol. The van der Waals surface area contributed by atoms with Crippen LogP contribution in [0.15, 0.2) is 71.6 Å². The van der Waals surface area contributed by atoms with Gasteiger partial charge in [-0.1, -0.05) is 26.0 Å². The van der Waals surface area contributed by atoms with E-state index in [9.17, 15) is 17.6 Å². The average Bonchev–Trinajstić information content (AvgIpc) is 2.82. The van der Waals surface area contributed by atoms with Crippen LogP contribution in [-0.2, 0) is 16.7 Å². The minimum Gasteiger partial charge on any atom is -0.497 e. The highest BCUT2D eigenvalue weighted by Gasteiger charge is 2.21. The van der Waals surface area contributed by atoms with Gasteiger partial charge in [-0.3, -0.25) is 4.79 Å². The van der Waals surface area contributed by atoms with Gasteiger partial charge in [0.25, 0.3) is 5.91 Å². The Kier molecular flexibility index (Phi) is 8.34. The molecule has 0 spiro atoms. The van der Waals surface area contributed by atoms with Crippen LogP contribution >= 0.6 is 0 Å². The maximum absolute atomic E-state index is 13.4. The lowest BCUT2D eigenvalue weighted by molar-refractivity contribution is 0.0721. The summed E-state index contributed by atoms with van der Waals surface area (Å²) in [4.78, 5) is 14.9. The summed E-state index contributed by atoms with van der Waals surface area (Å²) in [6.45, 7) is 4.70.